The van der Waals surface area contributed by atoms with Crippen LogP contribution in [-0.4, -0.2) is 42.3 Å². The molecule has 1 saturated heterocycles. The number of hydrogen-bond acceptors (Lipinski definition) is 5. The van der Waals surface area contributed by atoms with Gasteiger partial charge in [-0.25, -0.2) is 0 Å². The quantitative estimate of drug-likeness (QED) is 0.291. The molecular formula is C21H24ClIN6O. The highest BCUT2D eigenvalue weighted by atomic mass is 127. The Morgan fingerprint density at radius 3 is 2.83 bits per heavy atom. The van der Waals surface area contributed by atoms with Gasteiger partial charge in [0.2, 0.25) is 11.7 Å². The Hall–Kier alpha value is -2.33. The van der Waals surface area contributed by atoms with Crippen LogP contribution in [0.5, 0.6) is 0 Å². The Bertz CT molecular complexity index is 980. The Morgan fingerprint density at radius 2 is 2.07 bits per heavy atom. The number of halogens is 2. The Morgan fingerprint density at radius 1 is 1.23 bits per heavy atom. The van der Waals surface area contributed by atoms with Crippen LogP contribution in [-0.2, 0) is 6.54 Å². The summed E-state index contributed by atoms with van der Waals surface area (Å²) in [6.07, 6.45) is 1.05. The molecule has 1 atom stereocenters. The van der Waals surface area contributed by atoms with Crippen molar-refractivity contribution in [3.8, 4) is 11.4 Å². The number of benzene rings is 2. The molecule has 1 aliphatic heterocycles. The van der Waals surface area contributed by atoms with E-state index in [2.05, 4.69) is 54.9 Å². The van der Waals surface area contributed by atoms with E-state index in [9.17, 15) is 0 Å². The van der Waals surface area contributed by atoms with Crippen LogP contribution < -0.4 is 15.5 Å². The molecule has 9 heteroatoms. The second-order valence-corrected chi connectivity index (χ2v) is 7.30. The fourth-order valence-corrected chi connectivity index (χ4v) is 3.56. The van der Waals surface area contributed by atoms with Crippen molar-refractivity contribution in [3.63, 3.8) is 0 Å². The number of nitrogens with zero attached hydrogens (tertiary/aromatic N) is 4. The number of nitrogens with one attached hydrogen (secondary N) is 2. The second-order valence-electron chi connectivity index (χ2n) is 6.86. The summed E-state index contributed by atoms with van der Waals surface area (Å²) in [4.78, 5) is 11.1. The minimum Gasteiger partial charge on any atom is -0.369 e. The maximum absolute atomic E-state index is 6.03. The third-order valence-electron chi connectivity index (χ3n) is 4.83. The molecule has 30 heavy (non-hydrogen) atoms. The molecule has 0 saturated carbocycles. The number of anilines is 1. The largest absolute Gasteiger partial charge is 0.369 e. The fourth-order valence-electron chi connectivity index (χ4n) is 3.37. The zero-order valence-corrected chi connectivity index (χ0v) is 19.7. The lowest BCUT2D eigenvalue weighted by Gasteiger charge is -2.20. The van der Waals surface area contributed by atoms with E-state index in [-0.39, 0.29) is 24.0 Å². The van der Waals surface area contributed by atoms with E-state index in [4.69, 9.17) is 16.1 Å². The standard InChI is InChI=1S/C21H23ClN6O.HI/c1-23-21(25-17-10-11-28(14-17)18-8-3-2-4-9-18)24-13-19-26-20(27-29-19)15-6-5-7-16(22)12-15;/h2-9,12,17H,10-11,13-14H2,1H3,(H2,23,24,25);1H. The molecule has 1 fully saturated rings. The number of guanidine groups is 1. The first-order chi connectivity index (χ1) is 14.2. The van der Waals surface area contributed by atoms with Crippen LogP contribution >= 0.6 is 35.6 Å². The lowest BCUT2D eigenvalue weighted by Crippen LogP contribution is -2.44. The van der Waals surface area contributed by atoms with Crippen LogP contribution in [0.4, 0.5) is 5.69 Å². The van der Waals surface area contributed by atoms with Gasteiger partial charge >= 0.3 is 0 Å². The lowest BCUT2D eigenvalue weighted by atomic mass is 10.2. The maximum atomic E-state index is 6.03. The molecule has 0 spiro atoms. The summed E-state index contributed by atoms with van der Waals surface area (Å²) in [5.41, 5.74) is 2.07. The summed E-state index contributed by atoms with van der Waals surface area (Å²) < 4.78 is 5.34. The number of aliphatic imine (C=N–C) groups is 1. The molecular weight excluding hydrogens is 515 g/mol. The highest BCUT2D eigenvalue weighted by molar-refractivity contribution is 14.0. The van der Waals surface area contributed by atoms with E-state index >= 15 is 0 Å². The van der Waals surface area contributed by atoms with Crippen molar-refractivity contribution in [1.29, 1.82) is 0 Å². The third kappa shape index (κ3) is 5.63. The molecule has 4 rings (SSSR count). The van der Waals surface area contributed by atoms with Gasteiger partial charge in [-0.1, -0.05) is 47.1 Å². The Kier molecular flexibility index (Phi) is 7.92. The van der Waals surface area contributed by atoms with Crippen LogP contribution in [0.15, 0.2) is 64.1 Å². The normalized spacial score (nSPS) is 16.3. The van der Waals surface area contributed by atoms with Gasteiger partial charge in [0.15, 0.2) is 5.96 Å². The van der Waals surface area contributed by atoms with Gasteiger partial charge in [-0.15, -0.1) is 24.0 Å². The van der Waals surface area contributed by atoms with Gasteiger partial charge in [-0.2, -0.15) is 4.98 Å². The van der Waals surface area contributed by atoms with Gasteiger partial charge in [0, 0.05) is 42.5 Å². The predicted molar refractivity (Wildman–Crippen MR) is 131 cm³/mol. The first kappa shape index (κ1) is 22.4. The molecule has 3 aromatic rings. The first-order valence-corrected chi connectivity index (χ1v) is 9.95. The molecule has 7 nitrogen and oxygen atoms in total. The molecule has 2 N–H and O–H groups in total. The molecule has 2 aromatic carbocycles. The van der Waals surface area contributed by atoms with Crippen molar-refractivity contribution in [2.75, 3.05) is 25.0 Å². The zero-order chi connectivity index (χ0) is 20.1. The molecule has 158 valence electrons. The number of para-hydroxylation sites is 1. The van der Waals surface area contributed by atoms with Gasteiger partial charge in [-0.05, 0) is 30.7 Å². The van der Waals surface area contributed by atoms with Crippen LogP contribution in [0.25, 0.3) is 11.4 Å². The highest BCUT2D eigenvalue weighted by Crippen LogP contribution is 2.21. The smallest absolute Gasteiger partial charge is 0.246 e. The van der Waals surface area contributed by atoms with E-state index < -0.39 is 0 Å². The topological polar surface area (TPSA) is 78.6 Å². The van der Waals surface area contributed by atoms with Crippen molar-refractivity contribution in [2.24, 2.45) is 4.99 Å². The number of aromatic nitrogens is 2. The van der Waals surface area contributed by atoms with E-state index in [1.807, 2.05) is 30.3 Å². The van der Waals surface area contributed by atoms with E-state index in [0.29, 0.717) is 35.3 Å². The Labute approximate surface area is 197 Å². The SMILES string of the molecule is CN=C(NCc1nc(-c2cccc(Cl)c2)no1)NC1CCN(c2ccccc2)C1.I. The molecule has 0 radical (unpaired) electrons. The van der Waals surface area contributed by atoms with Gasteiger partial charge in [0.1, 0.15) is 0 Å². The molecule has 2 heterocycles. The maximum Gasteiger partial charge on any atom is 0.246 e. The van der Waals surface area contributed by atoms with Crippen molar-refractivity contribution in [3.05, 3.63) is 65.5 Å². The minimum atomic E-state index is 0. The zero-order valence-electron chi connectivity index (χ0n) is 16.6. The van der Waals surface area contributed by atoms with Gasteiger partial charge in [0.05, 0.1) is 6.54 Å². The van der Waals surface area contributed by atoms with Crippen molar-refractivity contribution in [1.82, 2.24) is 20.8 Å². The van der Waals surface area contributed by atoms with Crippen LogP contribution in [0, 0.1) is 0 Å². The summed E-state index contributed by atoms with van der Waals surface area (Å²) in [6, 6.07) is 18.2. The van der Waals surface area contributed by atoms with E-state index in [1.54, 1.807) is 7.05 Å². The highest BCUT2D eigenvalue weighted by Gasteiger charge is 2.23. The summed E-state index contributed by atoms with van der Waals surface area (Å²) in [7, 11) is 1.75. The monoisotopic (exact) mass is 538 g/mol. The molecule has 1 aliphatic rings. The molecule has 0 amide bonds. The average molecular weight is 539 g/mol. The summed E-state index contributed by atoms with van der Waals surface area (Å²) >= 11 is 6.03. The molecule has 0 aliphatic carbocycles. The predicted octanol–water partition coefficient (Wildman–Crippen LogP) is 3.95. The van der Waals surface area contributed by atoms with Crippen LogP contribution in [0.1, 0.15) is 12.3 Å². The van der Waals surface area contributed by atoms with Crippen molar-refractivity contribution in [2.45, 2.75) is 19.0 Å². The van der Waals surface area contributed by atoms with Crippen LogP contribution in [0.2, 0.25) is 5.02 Å². The van der Waals surface area contributed by atoms with Crippen LogP contribution in [0.3, 0.4) is 0 Å². The number of hydrogen-bond donors (Lipinski definition) is 2. The van der Waals surface area contributed by atoms with Gasteiger partial charge < -0.3 is 20.1 Å². The molecule has 1 unspecified atom stereocenters. The van der Waals surface area contributed by atoms with Gasteiger partial charge in [0.25, 0.3) is 0 Å². The first-order valence-electron chi connectivity index (χ1n) is 9.57. The summed E-state index contributed by atoms with van der Waals surface area (Å²) in [5.74, 6) is 1.72. The number of rotatable bonds is 5. The fraction of sp³-hybridized carbons (Fsp3) is 0.286. The summed E-state index contributed by atoms with van der Waals surface area (Å²) in [5, 5.41) is 11.4. The van der Waals surface area contributed by atoms with Gasteiger partial charge in [-0.3, -0.25) is 4.99 Å². The summed E-state index contributed by atoms with van der Waals surface area (Å²) in [6.45, 7) is 2.35. The average Bonchev–Trinajstić information content (AvgIpc) is 3.41. The second kappa shape index (κ2) is 10.6. The third-order valence-corrected chi connectivity index (χ3v) is 5.07. The molecule has 1 aromatic heterocycles. The van der Waals surface area contributed by atoms with Crippen molar-refractivity contribution < 1.29 is 4.52 Å². The van der Waals surface area contributed by atoms with E-state index in [1.165, 1.54) is 5.69 Å². The Balaban J connectivity index is 0.00000256. The molecule has 0 bridgehead atoms. The van der Waals surface area contributed by atoms with Crippen molar-refractivity contribution >= 4 is 47.2 Å². The van der Waals surface area contributed by atoms with E-state index in [0.717, 1.165) is 25.1 Å². The minimum absolute atomic E-state index is 0. The lowest BCUT2D eigenvalue weighted by molar-refractivity contribution is 0.375.